The van der Waals surface area contributed by atoms with Gasteiger partial charge in [-0.15, -0.1) is 16.8 Å². The zero-order chi connectivity index (χ0) is 18.2. The normalized spacial score (nSPS) is 15.8. The van der Waals surface area contributed by atoms with Gasteiger partial charge < -0.3 is 10.0 Å². The van der Waals surface area contributed by atoms with Crippen molar-refractivity contribution < 1.29 is 5.11 Å². The molecule has 1 aromatic heterocycles. The van der Waals surface area contributed by atoms with Gasteiger partial charge in [0.15, 0.2) is 0 Å². The van der Waals surface area contributed by atoms with Crippen molar-refractivity contribution in [2.75, 3.05) is 11.4 Å². The molecule has 1 atom stereocenters. The van der Waals surface area contributed by atoms with E-state index < -0.39 is 5.60 Å². The van der Waals surface area contributed by atoms with Gasteiger partial charge in [-0.25, -0.2) is 0 Å². The Labute approximate surface area is 150 Å². The van der Waals surface area contributed by atoms with Gasteiger partial charge in [-0.05, 0) is 38.3 Å². The molecule has 134 valence electrons. The molecule has 0 radical (unpaired) electrons. The fraction of sp³-hybridized carbons (Fsp3) is 0.500. The molecule has 0 spiro atoms. The van der Waals surface area contributed by atoms with E-state index in [-0.39, 0.29) is 5.92 Å². The number of aryl methyl sites for hydroxylation is 1. The number of allylic oxidation sites excluding steroid dienone is 1. The van der Waals surface area contributed by atoms with Crippen LogP contribution in [0.5, 0.6) is 0 Å². The third-order valence-corrected chi connectivity index (χ3v) is 5.18. The summed E-state index contributed by atoms with van der Waals surface area (Å²) < 4.78 is 2.08. The van der Waals surface area contributed by atoms with Crippen molar-refractivity contribution in [2.45, 2.75) is 58.7 Å². The smallest absolute Gasteiger partial charge is 0.227 e. The van der Waals surface area contributed by atoms with Crippen LogP contribution in [-0.4, -0.2) is 32.0 Å². The zero-order valence-corrected chi connectivity index (χ0v) is 15.7. The van der Waals surface area contributed by atoms with Gasteiger partial charge in [0.2, 0.25) is 5.95 Å². The maximum Gasteiger partial charge on any atom is 0.227 e. The summed E-state index contributed by atoms with van der Waals surface area (Å²) in [4.78, 5) is 2.28. The molecule has 0 bridgehead atoms. The molecule has 2 heterocycles. The molecule has 0 aliphatic carbocycles. The minimum absolute atomic E-state index is 0.118. The van der Waals surface area contributed by atoms with Crippen molar-refractivity contribution in [3.8, 4) is 0 Å². The first-order valence-electron chi connectivity index (χ1n) is 8.91. The van der Waals surface area contributed by atoms with Crippen LogP contribution in [-0.2, 0) is 19.5 Å². The van der Waals surface area contributed by atoms with Crippen LogP contribution in [0.4, 0.5) is 5.95 Å². The number of anilines is 1. The van der Waals surface area contributed by atoms with Gasteiger partial charge >= 0.3 is 0 Å². The van der Waals surface area contributed by atoms with Crippen LogP contribution >= 0.6 is 0 Å². The topological polar surface area (TPSA) is 54.2 Å². The molecule has 1 aromatic carbocycles. The lowest BCUT2D eigenvalue weighted by atomic mass is 9.92. The molecule has 5 nitrogen and oxygen atoms in total. The molecule has 0 fully saturated rings. The number of hydrogen-bond acceptors (Lipinski definition) is 4. The minimum atomic E-state index is -0.852. The Hall–Kier alpha value is -2.14. The average Bonchev–Trinajstić information content (AvgIpc) is 2.96. The molecule has 0 saturated heterocycles. The van der Waals surface area contributed by atoms with Crippen LogP contribution < -0.4 is 4.90 Å². The predicted molar refractivity (Wildman–Crippen MR) is 101 cm³/mol. The van der Waals surface area contributed by atoms with E-state index in [1.165, 1.54) is 16.7 Å². The highest BCUT2D eigenvalue weighted by molar-refractivity contribution is 5.42. The summed E-state index contributed by atoms with van der Waals surface area (Å²) in [5.41, 5.74) is 3.21. The minimum Gasteiger partial charge on any atom is -0.390 e. The predicted octanol–water partition coefficient (Wildman–Crippen LogP) is 3.21. The molecule has 2 aromatic rings. The molecule has 1 unspecified atom stereocenters. The Morgan fingerprint density at radius 2 is 2.08 bits per heavy atom. The maximum absolute atomic E-state index is 10.4. The second kappa shape index (κ2) is 6.64. The second-order valence-electron chi connectivity index (χ2n) is 7.58. The van der Waals surface area contributed by atoms with E-state index in [1.807, 2.05) is 26.8 Å². The van der Waals surface area contributed by atoms with Crippen LogP contribution in [0.1, 0.15) is 49.2 Å². The summed E-state index contributed by atoms with van der Waals surface area (Å²) in [5.74, 6) is 1.55. The fourth-order valence-corrected chi connectivity index (χ4v) is 3.34. The van der Waals surface area contributed by atoms with E-state index in [1.54, 1.807) is 0 Å². The van der Waals surface area contributed by atoms with Gasteiger partial charge in [0.25, 0.3) is 0 Å². The highest BCUT2D eigenvalue weighted by atomic mass is 16.3. The Kier molecular flexibility index (Phi) is 4.69. The van der Waals surface area contributed by atoms with Gasteiger partial charge in [0, 0.05) is 25.6 Å². The van der Waals surface area contributed by atoms with E-state index in [9.17, 15) is 5.11 Å². The number of nitrogens with zero attached hydrogens (tertiary/aromatic N) is 4. The number of aliphatic hydroxyl groups is 1. The van der Waals surface area contributed by atoms with Crippen LogP contribution in [0.15, 0.2) is 30.9 Å². The fourth-order valence-electron chi connectivity index (χ4n) is 3.34. The van der Waals surface area contributed by atoms with Gasteiger partial charge in [-0.1, -0.05) is 36.8 Å². The lowest BCUT2D eigenvalue weighted by Crippen LogP contribution is -2.33. The van der Waals surface area contributed by atoms with E-state index in [2.05, 4.69) is 51.4 Å². The van der Waals surface area contributed by atoms with Crippen molar-refractivity contribution in [1.82, 2.24) is 14.8 Å². The van der Waals surface area contributed by atoms with Gasteiger partial charge in [-0.3, -0.25) is 4.57 Å². The molecule has 1 aliphatic rings. The Morgan fingerprint density at radius 3 is 2.76 bits per heavy atom. The van der Waals surface area contributed by atoms with Crippen molar-refractivity contribution in [3.63, 3.8) is 0 Å². The number of rotatable bonds is 5. The van der Waals surface area contributed by atoms with Crippen molar-refractivity contribution in [1.29, 1.82) is 0 Å². The van der Waals surface area contributed by atoms with E-state index in [0.717, 1.165) is 31.3 Å². The number of aromatic nitrogens is 3. The molecule has 1 aliphatic heterocycles. The quantitative estimate of drug-likeness (QED) is 0.849. The Balaban J connectivity index is 1.95. The first kappa shape index (κ1) is 17.7. The number of fused-ring (bicyclic) bond motifs is 1. The Morgan fingerprint density at radius 1 is 1.32 bits per heavy atom. The highest BCUT2D eigenvalue weighted by Gasteiger charge is 2.31. The number of hydrogen-bond donors (Lipinski definition) is 1. The summed E-state index contributed by atoms with van der Waals surface area (Å²) in [6.45, 7) is 14.0. The van der Waals surface area contributed by atoms with Crippen LogP contribution in [0.25, 0.3) is 0 Å². The van der Waals surface area contributed by atoms with E-state index in [4.69, 9.17) is 0 Å². The highest BCUT2D eigenvalue weighted by Crippen LogP contribution is 2.30. The summed E-state index contributed by atoms with van der Waals surface area (Å²) in [7, 11) is 0. The van der Waals surface area contributed by atoms with E-state index >= 15 is 0 Å². The van der Waals surface area contributed by atoms with Gasteiger partial charge in [0.1, 0.15) is 5.82 Å². The zero-order valence-electron chi connectivity index (χ0n) is 15.7. The number of benzene rings is 1. The lowest BCUT2D eigenvalue weighted by molar-refractivity contribution is 0.0519. The summed E-state index contributed by atoms with van der Waals surface area (Å²) in [5, 5.41) is 19.3. The Bertz CT molecular complexity index is 772. The molecule has 5 heteroatoms. The van der Waals surface area contributed by atoms with Gasteiger partial charge in [-0.2, -0.15) is 0 Å². The van der Waals surface area contributed by atoms with Gasteiger partial charge in [0.05, 0.1) is 5.60 Å². The third kappa shape index (κ3) is 3.47. The molecule has 25 heavy (non-hydrogen) atoms. The van der Waals surface area contributed by atoms with Crippen molar-refractivity contribution in [2.24, 2.45) is 0 Å². The molecule has 3 rings (SSSR count). The largest absolute Gasteiger partial charge is 0.390 e. The summed E-state index contributed by atoms with van der Waals surface area (Å²) in [6, 6.07) is 6.67. The summed E-state index contributed by atoms with van der Waals surface area (Å²) in [6.07, 6.45) is 2.86. The molecular formula is C20H28N4O. The maximum atomic E-state index is 10.4. The standard InChI is InChI=1S/C20H28N4O/c1-6-10-24-18(15(3)20(4,5)25)21-22-19(24)23-11-9-16-8-7-14(2)12-17(16)13-23/h6-8,12,15,25H,1,9-11,13H2,2-5H3. The SMILES string of the molecule is C=CCn1c(C(C)C(C)(C)O)nnc1N1CCc2ccc(C)cc2C1. The first-order chi connectivity index (χ1) is 11.8. The molecular weight excluding hydrogens is 312 g/mol. The van der Waals surface area contributed by atoms with Crippen LogP contribution in [0.2, 0.25) is 0 Å². The van der Waals surface area contributed by atoms with E-state index in [0.29, 0.717) is 6.54 Å². The molecule has 0 saturated carbocycles. The van der Waals surface area contributed by atoms with Crippen molar-refractivity contribution in [3.05, 3.63) is 53.4 Å². The van der Waals surface area contributed by atoms with Crippen LogP contribution in [0, 0.1) is 6.92 Å². The second-order valence-corrected chi connectivity index (χ2v) is 7.58. The molecule has 1 N–H and O–H groups in total. The first-order valence-corrected chi connectivity index (χ1v) is 8.91. The average molecular weight is 340 g/mol. The lowest BCUT2D eigenvalue weighted by Gasteiger charge is -2.31. The van der Waals surface area contributed by atoms with Crippen LogP contribution in [0.3, 0.4) is 0 Å². The van der Waals surface area contributed by atoms with Crippen molar-refractivity contribution >= 4 is 5.95 Å². The molecule has 0 amide bonds. The third-order valence-electron chi connectivity index (χ3n) is 5.18. The monoisotopic (exact) mass is 340 g/mol. The summed E-state index contributed by atoms with van der Waals surface area (Å²) >= 11 is 0.